The smallest absolute Gasteiger partial charge is 0.243 e. The van der Waals surface area contributed by atoms with Gasteiger partial charge in [0.1, 0.15) is 11.9 Å². The van der Waals surface area contributed by atoms with Gasteiger partial charge in [-0.2, -0.15) is 9.57 Å². The highest BCUT2D eigenvalue weighted by molar-refractivity contribution is 7.89. The van der Waals surface area contributed by atoms with Crippen LogP contribution in [-0.4, -0.2) is 39.5 Å². The van der Waals surface area contributed by atoms with Gasteiger partial charge in [0.05, 0.1) is 17.1 Å². The molecule has 0 amide bonds. The highest BCUT2D eigenvalue weighted by Gasteiger charge is 2.30. The van der Waals surface area contributed by atoms with Gasteiger partial charge in [0.15, 0.2) is 0 Å². The van der Waals surface area contributed by atoms with Gasteiger partial charge in [-0.3, -0.25) is 0 Å². The van der Waals surface area contributed by atoms with Gasteiger partial charge in [0, 0.05) is 20.2 Å². The molecule has 0 spiro atoms. The Morgan fingerprint density at radius 2 is 2.29 bits per heavy atom. The summed E-state index contributed by atoms with van der Waals surface area (Å²) >= 11 is 0. The van der Waals surface area contributed by atoms with Crippen LogP contribution < -0.4 is 0 Å². The molecule has 0 radical (unpaired) electrons. The van der Waals surface area contributed by atoms with E-state index in [0.29, 0.717) is 19.7 Å². The lowest BCUT2D eigenvalue weighted by atomic mass is 10.0. The van der Waals surface area contributed by atoms with Crippen LogP contribution in [0.1, 0.15) is 18.4 Å². The van der Waals surface area contributed by atoms with Crippen molar-refractivity contribution in [1.29, 1.82) is 5.26 Å². The first-order valence-corrected chi connectivity index (χ1v) is 8.11. The zero-order chi connectivity index (χ0) is 15.5. The molecule has 5 nitrogen and oxygen atoms in total. The number of methoxy groups -OCH3 is 1. The lowest BCUT2D eigenvalue weighted by molar-refractivity contribution is 0.118. The van der Waals surface area contributed by atoms with Crippen LogP contribution in [0.3, 0.4) is 0 Å². The summed E-state index contributed by atoms with van der Waals surface area (Å²) in [5.74, 6) is -0.554. The largest absolute Gasteiger partial charge is 0.384 e. The molecule has 7 heteroatoms. The van der Waals surface area contributed by atoms with E-state index in [4.69, 9.17) is 10.00 Å². The summed E-state index contributed by atoms with van der Waals surface area (Å²) in [5.41, 5.74) is -0.262. The molecule has 1 heterocycles. The van der Waals surface area contributed by atoms with Crippen molar-refractivity contribution in [2.24, 2.45) is 5.92 Å². The normalized spacial score (nSPS) is 20.1. The topological polar surface area (TPSA) is 70.4 Å². The second-order valence-electron chi connectivity index (χ2n) is 5.08. The van der Waals surface area contributed by atoms with Crippen LogP contribution in [0.2, 0.25) is 0 Å². The van der Waals surface area contributed by atoms with E-state index in [1.807, 2.05) is 0 Å². The average Bonchev–Trinajstić information content (AvgIpc) is 2.48. The Morgan fingerprint density at radius 3 is 2.95 bits per heavy atom. The highest BCUT2D eigenvalue weighted by Crippen LogP contribution is 2.25. The summed E-state index contributed by atoms with van der Waals surface area (Å²) in [6.07, 6.45) is 1.69. The van der Waals surface area contributed by atoms with E-state index in [0.717, 1.165) is 25.0 Å². The minimum atomic E-state index is -3.70. The summed E-state index contributed by atoms with van der Waals surface area (Å²) in [5, 5.41) is 8.82. The first-order chi connectivity index (χ1) is 9.98. The van der Waals surface area contributed by atoms with Crippen molar-refractivity contribution in [2.75, 3.05) is 26.8 Å². The zero-order valence-corrected chi connectivity index (χ0v) is 12.6. The molecule has 1 unspecified atom stereocenters. The number of rotatable bonds is 4. The minimum absolute atomic E-state index is 0.0430. The third-order valence-corrected chi connectivity index (χ3v) is 5.44. The number of sulfonamides is 1. The van der Waals surface area contributed by atoms with Gasteiger partial charge in [0.2, 0.25) is 10.0 Å². The van der Waals surface area contributed by atoms with Crippen molar-refractivity contribution in [1.82, 2.24) is 4.31 Å². The van der Waals surface area contributed by atoms with E-state index in [1.165, 1.54) is 10.4 Å². The Kier molecular flexibility index (Phi) is 4.93. The van der Waals surface area contributed by atoms with Crippen LogP contribution in [0, 0.1) is 23.1 Å². The van der Waals surface area contributed by atoms with Crippen LogP contribution >= 0.6 is 0 Å². The predicted octanol–water partition coefficient (Wildman–Crippen LogP) is 1.74. The molecule has 0 aromatic heterocycles. The molecule has 2 rings (SSSR count). The SMILES string of the molecule is COCC1CCCN(S(=O)(=O)c2ccc(F)c(C#N)c2)C1. The summed E-state index contributed by atoms with van der Waals surface area (Å²) < 4.78 is 44.9. The molecule has 1 atom stereocenters. The van der Waals surface area contributed by atoms with Crippen molar-refractivity contribution < 1.29 is 17.5 Å². The molecule has 21 heavy (non-hydrogen) atoms. The molecule has 0 saturated carbocycles. The van der Waals surface area contributed by atoms with Crippen molar-refractivity contribution >= 4 is 10.0 Å². The molecule has 0 bridgehead atoms. The molecule has 1 aromatic rings. The number of piperidine rings is 1. The fourth-order valence-electron chi connectivity index (χ4n) is 2.52. The fourth-order valence-corrected chi connectivity index (χ4v) is 4.10. The number of halogens is 1. The zero-order valence-electron chi connectivity index (χ0n) is 11.8. The van der Waals surface area contributed by atoms with E-state index in [2.05, 4.69) is 0 Å². The molecule has 1 fully saturated rings. The Morgan fingerprint density at radius 1 is 1.52 bits per heavy atom. The van der Waals surface area contributed by atoms with Gasteiger partial charge in [-0.15, -0.1) is 0 Å². The molecule has 1 aliphatic rings. The third-order valence-electron chi connectivity index (χ3n) is 3.58. The minimum Gasteiger partial charge on any atom is -0.384 e. The highest BCUT2D eigenvalue weighted by atomic mass is 32.2. The van der Waals surface area contributed by atoms with Gasteiger partial charge in [-0.1, -0.05) is 0 Å². The van der Waals surface area contributed by atoms with Crippen molar-refractivity contribution in [3.8, 4) is 6.07 Å². The van der Waals surface area contributed by atoms with Crippen LogP contribution in [0.4, 0.5) is 4.39 Å². The standard InChI is InChI=1S/C14H17FN2O3S/c1-20-10-11-3-2-6-17(9-11)21(18,19)13-4-5-14(15)12(7-13)8-16/h4-5,7,11H,2-3,6,9-10H2,1H3. The van der Waals surface area contributed by atoms with E-state index in [1.54, 1.807) is 13.2 Å². The Hall–Kier alpha value is -1.49. The van der Waals surface area contributed by atoms with E-state index >= 15 is 0 Å². The number of nitrogens with zero attached hydrogens (tertiary/aromatic N) is 2. The van der Waals surface area contributed by atoms with Crippen LogP contribution in [0.15, 0.2) is 23.1 Å². The average molecular weight is 312 g/mol. The number of hydrogen-bond acceptors (Lipinski definition) is 4. The van der Waals surface area contributed by atoms with Crippen LogP contribution in [0.5, 0.6) is 0 Å². The molecule has 1 aliphatic heterocycles. The molecule has 1 saturated heterocycles. The van der Waals surface area contributed by atoms with Gasteiger partial charge in [-0.05, 0) is 37.0 Å². The lowest BCUT2D eigenvalue weighted by Crippen LogP contribution is -2.41. The van der Waals surface area contributed by atoms with E-state index in [-0.39, 0.29) is 16.4 Å². The molecular weight excluding hydrogens is 295 g/mol. The number of hydrogen-bond donors (Lipinski definition) is 0. The number of ether oxygens (including phenoxy) is 1. The maximum Gasteiger partial charge on any atom is 0.243 e. The number of nitriles is 1. The van der Waals surface area contributed by atoms with E-state index in [9.17, 15) is 12.8 Å². The second-order valence-corrected chi connectivity index (χ2v) is 7.02. The summed E-state index contributed by atoms with van der Waals surface area (Å²) in [4.78, 5) is -0.0430. The molecular formula is C14H17FN2O3S. The quantitative estimate of drug-likeness (QED) is 0.849. The van der Waals surface area contributed by atoms with Crippen LogP contribution in [-0.2, 0) is 14.8 Å². The first-order valence-electron chi connectivity index (χ1n) is 6.67. The monoisotopic (exact) mass is 312 g/mol. The Labute approximate surface area is 124 Å². The van der Waals surface area contributed by atoms with Gasteiger partial charge < -0.3 is 4.74 Å². The van der Waals surface area contributed by atoms with Gasteiger partial charge in [0.25, 0.3) is 0 Å². The lowest BCUT2D eigenvalue weighted by Gasteiger charge is -2.31. The van der Waals surface area contributed by atoms with Crippen LogP contribution in [0.25, 0.3) is 0 Å². The van der Waals surface area contributed by atoms with Crippen molar-refractivity contribution in [3.63, 3.8) is 0 Å². The summed E-state index contributed by atoms with van der Waals surface area (Å²) in [6.45, 7) is 1.33. The fraction of sp³-hybridized carbons (Fsp3) is 0.500. The molecule has 114 valence electrons. The third kappa shape index (κ3) is 3.40. The number of benzene rings is 1. The maximum atomic E-state index is 13.3. The van der Waals surface area contributed by atoms with E-state index < -0.39 is 15.8 Å². The maximum absolute atomic E-state index is 13.3. The second kappa shape index (κ2) is 6.52. The predicted molar refractivity (Wildman–Crippen MR) is 74.5 cm³/mol. The molecule has 0 aliphatic carbocycles. The molecule has 0 N–H and O–H groups in total. The van der Waals surface area contributed by atoms with Gasteiger partial charge >= 0.3 is 0 Å². The summed E-state index contributed by atoms with van der Waals surface area (Å²) in [7, 11) is -2.11. The summed E-state index contributed by atoms with van der Waals surface area (Å²) in [6, 6.07) is 4.97. The van der Waals surface area contributed by atoms with Crippen molar-refractivity contribution in [3.05, 3.63) is 29.6 Å². The Balaban J connectivity index is 2.27. The van der Waals surface area contributed by atoms with Crippen molar-refractivity contribution in [2.45, 2.75) is 17.7 Å². The Bertz CT molecular complexity index is 653. The van der Waals surface area contributed by atoms with Gasteiger partial charge in [-0.25, -0.2) is 12.8 Å². The molecule has 1 aromatic carbocycles. The first kappa shape index (κ1) is 15.9.